The number of aromatic nitrogens is 3. The lowest BCUT2D eigenvalue weighted by atomic mass is 10.3. The van der Waals surface area contributed by atoms with E-state index in [9.17, 15) is 13.2 Å². The fourth-order valence-corrected chi connectivity index (χ4v) is 5.54. The van der Waals surface area contributed by atoms with Crippen molar-refractivity contribution in [2.45, 2.75) is 23.5 Å². The number of aryl methyl sites for hydroxylation is 1. The number of benzene rings is 1. The van der Waals surface area contributed by atoms with Gasteiger partial charge in [-0.15, -0.1) is 16.8 Å². The lowest BCUT2D eigenvalue weighted by molar-refractivity contribution is -0.113. The number of amides is 1. The van der Waals surface area contributed by atoms with Crippen LogP contribution in [0.25, 0.3) is 0 Å². The van der Waals surface area contributed by atoms with E-state index in [1.54, 1.807) is 12.1 Å². The predicted octanol–water partition coefficient (Wildman–Crippen LogP) is 2.18. The summed E-state index contributed by atoms with van der Waals surface area (Å²) in [7, 11) is -3.78. The van der Waals surface area contributed by atoms with Crippen LogP contribution in [0.4, 0.5) is 5.69 Å². The number of halogens is 1. The van der Waals surface area contributed by atoms with Gasteiger partial charge in [-0.2, -0.15) is 4.31 Å². The van der Waals surface area contributed by atoms with E-state index in [0.29, 0.717) is 30.6 Å². The summed E-state index contributed by atoms with van der Waals surface area (Å²) < 4.78 is 34.2. The second kappa shape index (κ2) is 9.92. The predicted molar refractivity (Wildman–Crippen MR) is 115 cm³/mol. The van der Waals surface area contributed by atoms with Gasteiger partial charge in [0.2, 0.25) is 15.9 Å². The Bertz CT molecular complexity index is 1040. The summed E-state index contributed by atoms with van der Waals surface area (Å²) in [5.74, 6) is 0.514. The van der Waals surface area contributed by atoms with Gasteiger partial charge in [-0.25, -0.2) is 8.42 Å². The molecule has 1 aliphatic rings. The Hall–Kier alpha value is -1.92. The van der Waals surface area contributed by atoms with E-state index in [1.165, 1.54) is 28.2 Å². The highest BCUT2D eigenvalue weighted by Gasteiger charge is 2.28. The van der Waals surface area contributed by atoms with Gasteiger partial charge in [-0.05, 0) is 25.1 Å². The summed E-state index contributed by atoms with van der Waals surface area (Å²) in [5.41, 5.74) is 0.348. The highest BCUT2D eigenvalue weighted by molar-refractivity contribution is 7.99. The molecule has 2 aromatic rings. The third-order valence-corrected chi connectivity index (χ3v) is 7.70. The van der Waals surface area contributed by atoms with Crippen LogP contribution in [0.15, 0.2) is 40.9 Å². The maximum Gasteiger partial charge on any atom is 0.244 e. The van der Waals surface area contributed by atoms with Crippen molar-refractivity contribution in [1.82, 2.24) is 19.1 Å². The summed E-state index contributed by atoms with van der Waals surface area (Å²) in [4.78, 5) is 12.3. The quantitative estimate of drug-likeness (QED) is 0.464. The first kappa shape index (κ1) is 22.8. The summed E-state index contributed by atoms with van der Waals surface area (Å²) >= 11 is 7.38. The topological polar surface area (TPSA) is 106 Å². The van der Waals surface area contributed by atoms with E-state index in [-0.39, 0.29) is 34.7 Å². The van der Waals surface area contributed by atoms with Crippen LogP contribution < -0.4 is 5.32 Å². The van der Waals surface area contributed by atoms with Gasteiger partial charge in [-0.1, -0.05) is 29.4 Å². The average Bonchev–Trinajstić information content (AvgIpc) is 3.08. The van der Waals surface area contributed by atoms with Crippen LogP contribution in [0.5, 0.6) is 0 Å². The number of hydrogen-bond donors (Lipinski definition) is 1. The molecule has 0 spiro atoms. The molecule has 1 amide bonds. The molecule has 1 fully saturated rings. The van der Waals surface area contributed by atoms with Crippen molar-refractivity contribution in [1.29, 1.82) is 0 Å². The van der Waals surface area contributed by atoms with Crippen molar-refractivity contribution in [3.8, 4) is 0 Å². The molecular weight excluding hydrogens is 450 g/mol. The Morgan fingerprint density at radius 2 is 2.10 bits per heavy atom. The fourth-order valence-electron chi connectivity index (χ4n) is 2.84. The van der Waals surface area contributed by atoms with Crippen LogP contribution in [0, 0.1) is 6.92 Å². The minimum atomic E-state index is -3.78. The smallest absolute Gasteiger partial charge is 0.244 e. The number of ether oxygens (including phenoxy) is 1. The summed E-state index contributed by atoms with van der Waals surface area (Å²) in [6, 6.07) is 4.40. The first-order valence-corrected chi connectivity index (χ1v) is 11.9. The molecule has 30 heavy (non-hydrogen) atoms. The Balaban J connectivity index is 1.69. The van der Waals surface area contributed by atoms with Crippen LogP contribution in [0.3, 0.4) is 0 Å². The third kappa shape index (κ3) is 5.22. The van der Waals surface area contributed by atoms with Gasteiger partial charge in [0.15, 0.2) is 5.16 Å². The van der Waals surface area contributed by atoms with Gasteiger partial charge in [0.05, 0.1) is 24.0 Å². The first-order chi connectivity index (χ1) is 14.3. The molecule has 162 valence electrons. The zero-order valence-corrected chi connectivity index (χ0v) is 18.8. The van der Waals surface area contributed by atoms with Crippen molar-refractivity contribution in [3.63, 3.8) is 0 Å². The number of carbonyl (C=O) groups excluding carboxylic acids is 1. The second-order valence-corrected chi connectivity index (χ2v) is 9.68. The molecule has 1 aromatic carbocycles. The number of allylic oxidation sites excluding steroid dienone is 1. The van der Waals surface area contributed by atoms with Gasteiger partial charge in [0, 0.05) is 25.3 Å². The minimum absolute atomic E-state index is 0.0436. The number of carbonyl (C=O) groups is 1. The third-order valence-electron chi connectivity index (χ3n) is 4.35. The van der Waals surface area contributed by atoms with Crippen LogP contribution >= 0.6 is 23.4 Å². The molecule has 0 radical (unpaired) electrons. The lowest BCUT2D eigenvalue weighted by Gasteiger charge is -2.26. The molecule has 3 rings (SSSR count). The van der Waals surface area contributed by atoms with Crippen molar-refractivity contribution < 1.29 is 17.9 Å². The Morgan fingerprint density at radius 1 is 1.37 bits per heavy atom. The molecule has 1 saturated heterocycles. The van der Waals surface area contributed by atoms with Crippen molar-refractivity contribution in [2.24, 2.45) is 0 Å². The molecule has 0 saturated carbocycles. The van der Waals surface area contributed by atoms with E-state index in [4.69, 9.17) is 16.3 Å². The summed E-state index contributed by atoms with van der Waals surface area (Å²) in [6.07, 6.45) is 1.73. The van der Waals surface area contributed by atoms with Crippen LogP contribution in [-0.4, -0.2) is 65.5 Å². The molecule has 1 aliphatic heterocycles. The Labute approximate surface area is 184 Å². The van der Waals surface area contributed by atoms with Gasteiger partial charge in [0.1, 0.15) is 10.7 Å². The molecule has 1 N–H and O–H groups in total. The van der Waals surface area contributed by atoms with Crippen molar-refractivity contribution >= 4 is 45.0 Å². The normalized spacial score (nSPS) is 15.1. The van der Waals surface area contributed by atoms with E-state index >= 15 is 0 Å². The molecule has 2 heterocycles. The number of morpholine rings is 1. The number of thioether (sulfide) groups is 1. The molecule has 1 aromatic heterocycles. The standard InChI is InChI=1S/C18H22ClN5O4S2/c1-3-6-24-13(2)21-22-18(24)29-12-17(25)20-14-4-5-15(19)16(11-14)30(26,27)23-7-9-28-10-8-23/h3-5,11H,1,6-10,12H2,2H3,(H,20,25). The fraction of sp³-hybridized carbons (Fsp3) is 0.389. The largest absolute Gasteiger partial charge is 0.379 e. The number of nitrogens with one attached hydrogen (secondary N) is 1. The first-order valence-electron chi connectivity index (χ1n) is 9.13. The number of sulfonamides is 1. The van der Waals surface area contributed by atoms with Crippen LogP contribution in [0.1, 0.15) is 5.82 Å². The Kier molecular flexibility index (Phi) is 7.53. The van der Waals surface area contributed by atoms with Crippen molar-refractivity contribution in [2.75, 3.05) is 37.4 Å². The number of anilines is 1. The molecule has 0 atom stereocenters. The molecule has 0 bridgehead atoms. The SMILES string of the molecule is C=CCn1c(C)nnc1SCC(=O)Nc1ccc(Cl)c(S(=O)(=O)N2CCOCC2)c1. The van der Waals surface area contributed by atoms with Crippen LogP contribution in [-0.2, 0) is 26.1 Å². The molecule has 9 nitrogen and oxygen atoms in total. The molecule has 0 unspecified atom stereocenters. The van der Waals surface area contributed by atoms with Gasteiger partial charge in [0.25, 0.3) is 0 Å². The summed E-state index contributed by atoms with van der Waals surface area (Å²) in [6.45, 7) is 7.26. The zero-order valence-electron chi connectivity index (χ0n) is 16.4. The van der Waals surface area contributed by atoms with Crippen LogP contribution in [0.2, 0.25) is 5.02 Å². The monoisotopic (exact) mass is 471 g/mol. The highest BCUT2D eigenvalue weighted by Crippen LogP contribution is 2.28. The van der Waals surface area contributed by atoms with E-state index < -0.39 is 10.0 Å². The van der Waals surface area contributed by atoms with Gasteiger partial charge in [-0.3, -0.25) is 4.79 Å². The molecule has 12 heteroatoms. The highest BCUT2D eigenvalue weighted by atomic mass is 35.5. The van der Waals surface area contributed by atoms with Crippen molar-refractivity contribution in [3.05, 3.63) is 41.7 Å². The van der Waals surface area contributed by atoms with Gasteiger partial charge < -0.3 is 14.6 Å². The Morgan fingerprint density at radius 3 is 2.80 bits per heavy atom. The average molecular weight is 472 g/mol. The van der Waals surface area contributed by atoms with Gasteiger partial charge >= 0.3 is 0 Å². The maximum atomic E-state index is 12.9. The van der Waals surface area contributed by atoms with E-state index in [0.717, 1.165) is 5.82 Å². The second-order valence-electron chi connectivity index (χ2n) is 6.43. The van der Waals surface area contributed by atoms with E-state index in [1.807, 2.05) is 11.5 Å². The maximum absolute atomic E-state index is 12.9. The number of nitrogens with zero attached hydrogens (tertiary/aromatic N) is 4. The summed E-state index contributed by atoms with van der Waals surface area (Å²) in [5, 5.41) is 11.5. The number of hydrogen-bond acceptors (Lipinski definition) is 7. The van der Waals surface area contributed by atoms with E-state index in [2.05, 4.69) is 22.1 Å². The lowest BCUT2D eigenvalue weighted by Crippen LogP contribution is -2.40. The minimum Gasteiger partial charge on any atom is -0.379 e. The molecular formula is C18H22ClN5O4S2. The zero-order chi connectivity index (χ0) is 21.7. The number of rotatable bonds is 8. The molecule has 0 aliphatic carbocycles.